The summed E-state index contributed by atoms with van der Waals surface area (Å²) in [4.78, 5) is 133. The molecule has 0 aromatic heterocycles. The number of benzene rings is 3. The summed E-state index contributed by atoms with van der Waals surface area (Å²) in [6.45, 7) is 15.8. The molecule has 8 N–H and O–H groups in total. The van der Waals surface area contributed by atoms with Crippen LogP contribution in [-0.4, -0.2) is 180 Å². The SMILES string of the molecule is CCCC1O[C@@H]2C[C@H]3[C@@H]4C[C@H](C)C5=CC(=O)C=C[C@]5(C)[C@@]4(C)[C@@H](O)C[C@]3(C)[C@]2(C(=O)COCCC(=O)CNC(=O)OCc2ccc(NC(=O)[C@H](CCCNC(N)=O)CC(=O)[C@@H](NC(=O)CCOCCOCCOCCOCCNC(=O)CCC(=O)N3Cc4ccccc4C#Cc4ccccc43)C(C)C)cc2)O1. The van der Waals surface area contributed by atoms with Crippen molar-refractivity contribution in [3.05, 3.63) is 119 Å². The van der Waals surface area contributed by atoms with Gasteiger partial charge in [0.05, 0.1) is 96.5 Å². The average molecular weight is 1480 g/mol. The van der Waals surface area contributed by atoms with Gasteiger partial charge in [-0.2, -0.15) is 0 Å². The van der Waals surface area contributed by atoms with E-state index in [2.05, 4.69) is 66.1 Å². The molecule has 1 unspecified atom stereocenters. The Hall–Kier alpha value is -8.52. The number of anilines is 2. The quantitative estimate of drug-likeness (QED) is 0.0212. The number of carbonyl (C=O) groups is 10. The molecule has 4 aliphatic carbocycles. The lowest BCUT2D eigenvalue weighted by Gasteiger charge is -2.66. The van der Waals surface area contributed by atoms with Crippen LogP contribution in [-0.2, 0) is 89.4 Å². The summed E-state index contributed by atoms with van der Waals surface area (Å²) in [6.07, 6.45) is 5.64. The maximum absolute atomic E-state index is 14.7. The summed E-state index contributed by atoms with van der Waals surface area (Å²) < 4.78 is 47.0. The molecule has 26 heteroatoms. The molecule has 0 radical (unpaired) electrons. The number of ketones is 4. The van der Waals surface area contributed by atoms with E-state index < -0.39 is 76.2 Å². The Labute approximate surface area is 626 Å². The number of alkyl carbamates (subject to hydrolysis) is 1. The van der Waals surface area contributed by atoms with Crippen molar-refractivity contribution in [3.63, 3.8) is 0 Å². The van der Waals surface area contributed by atoms with Gasteiger partial charge in [-0.3, -0.25) is 38.4 Å². The predicted octanol–water partition coefficient (Wildman–Crippen LogP) is 7.67. The summed E-state index contributed by atoms with van der Waals surface area (Å²) in [5.41, 5.74) is 7.11. The van der Waals surface area contributed by atoms with Crippen LogP contribution in [0.5, 0.6) is 0 Å². The first kappa shape index (κ1) is 82.5. The number of amides is 7. The molecular weight excluding hydrogens is 1370 g/mol. The fraction of sp³-hybridized carbons (Fsp3) is 0.580. The molecule has 9 rings (SSSR count). The minimum Gasteiger partial charge on any atom is -0.445 e. The van der Waals surface area contributed by atoms with E-state index >= 15 is 0 Å². The van der Waals surface area contributed by atoms with Gasteiger partial charge in [0.15, 0.2) is 35.0 Å². The second-order valence-corrected chi connectivity index (χ2v) is 29.7. The molecule has 2 aliphatic heterocycles. The van der Waals surface area contributed by atoms with Crippen LogP contribution in [0, 0.1) is 57.7 Å². The van der Waals surface area contributed by atoms with Crippen molar-refractivity contribution >= 4 is 70.3 Å². The largest absolute Gasteiger partial charge is 0.445 e. The van der Waals surface area contributed by atoms with Crippen molar-refractivity contribution in [2.45, 2.75) is 169 Å². The second-order valence-electron chi connectivity index (χ2n) is 29.7. The molecule has 580 valence electrons. The highest BCUT2D eigenvalue weighted by Crippen LogP contribution is 2.74. The van der Waals surface area contributed by atoms with Crippen LogP contribution >= 0.6 is 0 Å². The molecule has 7 amide bonds. The smallest absolute Gasteiger partial charge is 0.407 e. The first-order chi connectivity index (χ1) is 51.3. The van der Waals surface area contributed by atoms with Crippen molar-refractivity contribution < 1.29 is 90.9 Å². The van der Waals surface area contributed by atoms with Crippen molar-refractivity contribution in [1.82, 2.24) is 21.3 Å². The van der Waals surface area contributed by atoms with Crippen LogP contribution in [0.2, 0.25) is 0 Å². The van der Waals surface area contributed by atoms with E-state index in [0.717, 1.165) is 35.1 Å². The number of hydrogen-bond donors (Lipinski definition) is 7. The van der Waals surface area contributed by atoms with Gasteiger partial charge >= 0.3 is 12.1 Å². The van der Waals surface area contributed by atoms with Crippen molar-refractivity contribution in [2.75, 3.05) is 95.9 Å². The summed E-state index contributed by atoms with van der Waals surface area (Å²) >= 11 is 0. The maximum atomic E-state index is 14.7. The van der Waals surface area contributed by atoms with Crippen LogP contribution in [0.25, 0.3) is 0 Å². The van der Waals surface area contributed by atoms with Crippen LogP contribution in [0.1, 0.15) is 148 Å². The second kappa shape index (κ2) is 38.5. The van der Waals surface area contributed by atoms with E-state index in [9.17, 15) is 53.1 Å². The number of para-hydroxylation sites is 1. The standard InChI is InChI=1S/C81H107N7O19/c1-8-14-73-106-69-46-63-64-43-53(4)62-45-60(89)28-31-78(62,5)80(64,7)67(92)47-79(63,6)81(69,107-73)68(93)51-104-34-29-61(90)48-85-77(99)105-50-54-20-24-59(25-21-54)86-75(97)57(18-13-32-84-76(82)98)44-66(91)74(52(2)3)87-71(95)30-35-100-37-39-102-41-42-103-40-38-101-36-33-83-70(94)26-27-72(96)88-49-58-17-10-9-15-55(58)22-23-56-16-11-12-19-65(56)88/h9-12,15-17,19-21,24-25,28,31,45,52-53,57,63-64,67,69,73-74,92H,8,13-14,18,26-27,29-30,32-44,46-51H2,1-7H3,(H,83,94)(H,85,99)(H,86,97)(H,87,95)(H3,82,84,98)/t53-,57+,63-,64-,67-,69+,73?,74-,78-,79-,80+,81+/m0/s1. The van der Waals surface area contributed by atoms with E-state index in [4.69, 9.17) is 43.6 Å². The van der Waals surface area contributed by atoms with Gasteiger partial charge in [0, 0.05) is 84.2 Å². The number of urea groups is 1. The van der Waals surface area contributed by atoms with Crippen LogP contribution < -0.4 is 37.2 Å². The number of rotatable bonds is 41. The maximum Gasteiger partial charge on any atom is 0.407 e. The van der Waals surface area contributed by atoms with Crippen molar-refractivity contribution in [3.8, 4) is 11.8 Å². The highest BCUT2D eigenvalue weighted by Gasteiger charge is 2.78. The number of ether oxygens (including phenoxy) is 8. The third kappa shape index (κ3) is 20.4. The Morgan fingerprint density at radius 1 is 0.748 bits per heavy atom. The molecule has 1 saturated heterocycles. The number of aliphatic hydroxyl groups excluding tert-OH is 1. The van der Waals surface area contributed by atoms with Crippen LogP contribution in [0.3, 0.4) is 0 Å². The lowest BCUT2D eigenvalue weighted by molar-refractivity contribution is -0.225. The molecule has 6 aliphatic rings. The van der Waals surface area contributed by atoms with E-state index in [1.54, 1.807) is 55.2 Å². The third-order valence-electron chi connectivity index (χ3n) is 22.3. The molecule has 0 spiro atoms. The van der Waals surface area contributed by atoms with E-state index in [-0.39, 0.29) is 169 Å². The van der Waals surface area contributed by atoms with E-state index in [1.165, 1.54) is 0 Å². The average Bonchev–Trinajstić information content (AvgIpc) is 1.55. The minimum absolute atomic E-state index is 0.0191. The van der Waals surface area contributed by atoms with Crippen LogP contribution in [0.4, 0.5) is 21.0 Å². The summed E-state index contributed by atoms with van der Waals surface area (Å²) in [5.74, 6) is 2.82. The predicted molar refractivity (Wildman–Crippen MR) is 396 cm³/mol. The van der Waals surface area contributed by atoms with Crippen molar-refractivity contribution in [1.29, 1.82) is 0 Å². The highest BCUT2D eigenvalue weighted by atomic mass is 16.7. The van der Waals surface area contributed by atoms with Gasteiger partial charge in [0.2, 0.25) is 23.6 Å². The lowest BCUT2D eigenvalue weighted by Crippen LogP contribution is -2.67. The van der Waals surface area contributed by atoms with Gasteiger partial charge in [0.1, 0.15) is 13.2 Å². The number of fused-ring (bicyclic) bond motifs is 9. The normalized spacial score (nSPS) is 24.9. The molecule has 0 bridgehead atoms. The topological polar surface area (TPSA) is 354 Å². The van der Waals surface area contributed by atoms with Gasteiger partial charge in [-0.25, -0.2) is 9.59 Å². The number of Topliss-reactive ketones (excluding diaryl/α,β-unsaturated/α-hetero) is 3. The minimum atomic E-state index is -1.39. The molecule has 4 fully saturated rings. The van der Waals surface area contributed by atoms with Crippen LogP contribution in [0.15, 0.2) is 96.6 Å². The number of hydrogen-bond acceptors (Lipinski definition) is 19. The molecule has 2 heterocycles. The van der Waals surface area contributed by atoms with Gasteiger partial charge in [-0.1, -0.05) is 121 Å². The zero-order valence-corrected chi connectivity index (χ0v) is 62.8. The number of allylic oxidation sites excluding steroid dienone is 4. The Balaban J connectivity index is 0.618. The highest BCUT2D eigenvalue weighted by molar-refractivity contribution is 6.02. The van der Waals surface area contributed by atoms with Gasteiger partial charge < -0.3 is 80.2 Å². The molecule has 12 atom stereocenters. The fourth-order valence-electron chi connectivity index (χ4n) is 16.5. The zero-order valence-electron chi connectivity index (χ0n) is 62.8. The van der Waals surface area contributed by atoms with Gasteiger partial charge in [-0.05, 0) is 116 Å². The number of nitrogens with two attached hydrogens (primary N) is 1. The lowest BCUT2D eigenvalue weighted by atomic mass is 9.38. The first-order valence-corrected chi connectivity index (χ1v) is 37.6. The Morgan fingerprint density at radius 2 is 1.42 bits per heavy atom. The number of primary amides is 1. The van der Waals surface area contributed by atoms with Gasteiger partial charge in [-0.15, -0.1) is 0 Å². The number of aliphatic hydroxyl groups is 1. The first-order valence-electron chi connectivity index (χ1n) is 37.6. The fourth-order valence-corrected chi connectivity index (χ4v) is 16.5. The van der Waals surface area contributed by atoms with E-state index in [1.807, 2.05) is 61.5 Å². The monoisotopic (exact) mass is 1480 g/mol. The Bertz CT molecular complexity index is 3790. The Kier molecular flexibility index (Phi) is 29.7. The molecule has 107 heavy (non-hydrogen) atoms. The van der Waals surface area contributed by atoms with Gasteiger partial charge in [0.25, 0.3) is 0 Å². The molecule has 26 nitrogen and oxygen atoms in total. The van der Waals surface area contributed by atoms with E-state index in [0.29, 0.717) is 69.2 Å². The number of nitrogens with one attached hydrogen (secondary N) is 5. The molecule has 3 saturated carbocycles. The zero-order chi connectivity index (χ0) is 76.9. The third-order valence-corrected chi connectivity index (χ3v) is 22.3. The number of carbonyl (C=O) groups excluding carboxylic acids is 10. The molecular formula is C81H107N7O19. The Morgan fingerprint density at radius 3 is 2.13 bits per heavy atom. The summed E-state index contributed by atoms with van der Waals surface area (Å²) in [6, 6.07) is 20.0. The summed E-state index contributed by atoms with van der Waals surface area (Å²) in [7, 11) is 0. The molecule has 3 aromatic rings. The molecule has 3 aromatic carbocycles. The van der Waals surface area contributed by atoms with Crippen molar-refractivity contribution in [2.24, 2.45) is 51.6 Å². The summed E-state index contributed by atoms with van der Waals surface area (Å²) in [5, 5.41) is 25.8. The number of nitrogens with zero attached hydrogens (tertiary/aromatic N) is 1.